The molecule has 0 aliphatic carbocycles. The number of anilines is 1. The number of halogens is 4. The van der Waals surface area contributed by atoms with Crippen LogP contribution in [0, 0.1) is 0 Å². The number of nitrogens with one attached hydrogen (secondary N) is 1. The standard InChI is InChI=1S/C22H23F3N4O2.HI/c1-29(15-20-7-4-12-30-20)14-17-6-3-2-5-16(17)13-27-21(26)28-18-8-10-19(11-9-18)31-22(23,24)25;/h2-12H,13-15H2,1H3,(H3,26,27,28);1H. The molecule has 0 aliphatic rings. The molecule has 0 saturated heterocycles. The van der Waals surface area contributed by atoms with Crippen LogP contribution < -0.4 is 15.8 Å². The van der Waals surface area contributed by atoms with Crippen LogP contribution in [-0.4, -0.2) is 24.3 Å². The topological polar surface area (TPSA) is 76.0 Å². The largest absolute Gasteiger partial charge is 0.573 e. The molecule has 172 valence electrons. The molecule has 0 aliphatic heterocycles. The van der Waals surface area contributed by atoms with Gasteiger partial charge in [-0.1, -0.05) is 24.3 Å². The molecule has 0 unspecified atom stereocenters. The van der Waals surface area contributed by atoms with E-state index in [-0.39, 0.29) is 35.7 Å². The minimum absolute atomic E-state index is 0. The van der Waals surface area contributed by atoms with Gasteiger partial charge in [0.25, 0.3) is 0 Å². The molecule has 0 spiro atoms. The molecule has 2 aromatic carbocycles. The zero-order chi connectivity index (χ0) is 22.3. The average molecular weight is 560 g/mol. The molecule has 10 heteroatoms. The van der Waals surface area contributed by atoms with Crippen molar-refractivity contribution >= 4 is 35.6 Å². The van der Waals surface area contributed by atoms with Gasteiger partial charge in [0.15, 0.2) is 5.96 Å². The summed E-state index contributed by atoms with van der Waals surface area (Å²) in [4.78, 5) is 6.48. The minimum atomic E-state index is -4.73. The normalized spacial score (nSPS) is 11.8. The van der Waals surface area contributed by atoms with Gasteiger partial charge >= 0.3 is 6.36 Å². The van der Waals surface area contributed by atoms with Gasteiger partial charge in [-0.2, -0.15) is 0 Å². The number of furan rings is 1. The van der Waals surface area contributed by atoms with Crippen LogP contribution in [-0.2, 0) is 19.6 Å². The summed E-state index contributed by atoms with van der Waals surface area (Å²) in [5, 5.41) is 2.86. The van der Waals surface area contributed by atoms with Gasteiger partial charge in [0.2, 0.25) is 0 Å². The highest BCUT2D eigenvalue weighted by atomic mass is 127. The molecule has 0 fully saturated rings. The number of rotatable bonds is 8. The van der Waals surface area contributed by atoms with Crippen LogP contribution in [0.1, 0.15) is 16.9 Å². The molecule has 0 atom stereocenters. The van der Waals surface area contributed by atoms with Crippen LogP contribution in [0.15, 0.2) is 76.3 Å². The Kier molecular flexibility index (Phi) is 9.39. The fourth-order valence-electron chi connectivity index (χ4n) is 2.98. The minimum Gasteiger partial charge on any atom is -0.468 e. The lowest BCUT2D eigenvalue weighted by Crippen LogP contribution is -2.23. The Morgan fingerprint density at radius 1 is 1.03 bits per heavy atom. The smallest absolute Gasteiger partial charge is 0.468 e. The number of benzene rings is 2. The Morgan fingerprint density at radius 2 is 1.72 bits per heavy atom. The summed E-state index contributed by atoms with van der Waals surface area (Å²) < 4.78 is 45.9. The van der Waals surface area contributed by atoms with Crippen molar-refractivity contribution in [3.8, 4) is 5.75 Å². The van der Waals surface area contributed by atoms with E-state index in [1.165, 1.54) is 24.3 Å². The Labute approximate surface area is 201 Å². The molecule has 3 rings (SSSR count). The second-order valence-electron chi connectivity index (χ2n) is 6.92. The second kappa shape index (κ2) is 11.8. The summed E-state index contributed by atoms with van der Waals surface area (Å²) in [6, 6.07) is 17.0. The van der Waals surface area contributed by atoms with Gasteiger partial charge in [0.05, 0.1) is 19.4 Å². The van der Waals surface area contributed by atoms with E-state index < -0.39 is 6.36 Å². The summed E-state index contributed by atoms with van der Waals surface area (Å²) >= 11 is 0. The SMILES string of the molecule is CN(Cc1ccco1)Cc1ccccc1CN=C(N)Nc1ccc(OC(F)(F)F)cc1.I. The number of aliphatic imine (C=N–C) groups is 1. The van der Waals surface area contributed by atoms with Crippen molar-refractivity contribution in [1.29, 1.82) is 0 Å². The third-order valence-electron chi connectivity index (χ3n) is 4.34. The highest BCUT2D eigenvalue weighted by Gasteiger charge is 2.30. The summed E-state index contributed by atoms with van der Waals surface area (Å²) in [5.74, 6) is 0.738. The van der Waals surface area contributed by atoms with E-state index in [0.29, 0.717) is 25.3 Å². The maximum absolute atomic E-state index is 12.2. The number of hydrogen-bond acceptors (Lipinski definition) is 4. The van der Waals surface area contributed by atoms with E-state index in [2.05, 4.69) is 19.9 Å². The number of nitrogens with two attached hydrogens (primary N) is 1. The lowest BCUT2D eigenvalue weighted by Gasteiger charge is -2.17. The van der Waals surface area contributed by atoms with E-state index >= 15 is 0 Å². The first kappa shape index (κ1) is 25.5. The maximum atomic E-state index is 12.2. The van der Waals surface area contributed by atoms with Crippen molar-refractivity contribution in [2.24, 2.45) is 10.7 Å². The molecular formula is C22H24F3IN4O2. The van der Waals surface area contributed by atoms with Crippen LogP contribution in [0.25, 0.3) is 0 Å². The first-order valence-corrected chi connectivity index (χ1v) is 9.49. The van der Waals surface area contributed by atoms with Crippen LogP contribution in [0.2, 0.25) is 0 Å². The van der Waals surface area contributed by atoms with E-state index in [0.717, 1.165) is 16.9 Å². The summed E-state index contributed by atoms with van der Waals surface area (Å²) in [5.41, 5.74) is 8.58. The number of nitrogens with zero attached hydrogens (tertiary/aromatic N) is 2. The van der Waals surface area contributed by atoms with Crippen LogP contribution >= 0.6 is 24.0 Å². The molecule has 0 radical (unpaired) electrons. The zero-order valence-electron chi connectivity index (χ0n) is 17.3. The Morgan fingerprint density at radius 3 is 2.34 bits per heavy atom. The van der Waals surface area contributed by atoms with Gasteiger partial charge in [0, 0.05) is 12.2 Å². The highest BCUT2D eigenvalue weighted by molar-refractivity contribution is 14.0. The molecule has 0 saturated carbocycles. The van der Waals surface area contributed by atoms with Gasteiger partial charge in [-0.15, -0.1) is 37.1 Å². The summed E-state index contributed by atoms with van der Waals surface area (Å²) in [7, 11) is 2.00. The van der Waals surface area contributed by atoms with Crippen molar-refractivity contribution in [1.82, 2.24) is 4.90 Å². The van der Waals surface area contributed by atoms with Crippen LogP contribution in [0.5, 0.6) is 5.75 Å². The molecule has 1 aromatic heterocycles. The van der Waals surface area contributed by atoms with E-state index in [1.54, 1.807) is 6.26 Å². The van der Waals surface area contributed by atoms with E-state index in [1.807, 2.05) is 43.4 Å². The predicted octanol–water partition coefficient (Wildman–Crippen LogP) is 5.36. The van der Waals surface area contributed by atoms with Gasteiger partial charge in [-0.05, 0) is 54.6 Å². The molecule has 6 nitrogen and oxygen atoms in total. The summed E-state index contributed by atoms with van der Waals surface area (Å²) in [6.07, 6.45) is -3.08. The first-order valence-electron chi connectivity index (χ1n) is 9.49. The van der Waals surface area contributed by atoms with Gasteiger partial charge in [-0.25, -0.2) is 4.99 Å². The molecule has 0 bridgehead atoms. The number of guanidine groups is 1. The van der Waals surface area contributed by atoms with Crippen molar-refractivity contribution in [3.05, 3.63) is 83.8 Å². The van der Waals surface area contributed by atoms with Crippen LogP contribution in [0.3, 0.4) is 0 Å². The monoisotopic (exact) mass is 560 g/mol. The predicted molar refractivity (Wildman–Crippen MR) is 128 cm³/mol. The Balaban J connectivity index is 0.00000363. The quantitative estimate of drug-likeness (QED) is 0.221. The van der Waals surface area contributed by atoms with E-state index in [9.17, 15) is 13.2 Å². The van der Waals surface area contributed by atoms with Crippen molar-refractivity contribution in [2.45, 2.75) is 26.0 Å². The third-order valence-corrected chi connectivity index (χ3v) is 4.34. The van der Waals surface area contributed by atoms with Gasteiger partial charge in [0.1, 0.15) is 11.5 Å². The Bertz CT molecular complexity index is 993. The van der Waals surface area contributed by atoms with Crippen molar-refractivity contribution < 1.29 is 22.3 Å². The summed E-state index contributed by atoms with van der Waals surface area (Å²) in [6.45, 7) is 1.75. The highest BCUT2D eigenvalue weighted by Crippen LogP contribution is 2.24. The fraction of sp³-hybridized carbons (Fsp3) is 0.227. The molecule has 3 aromatic rings. The number of hydrogen-bond donors (Lipinski definition) is 2. The Hall–Kier alpha value is -2.73. The lowest BCUT2D eigenvalue weighted by molar-refractivity contribution is -0.274. The third kappa shape index (κ3) is 8.42. The molecule has 3 N–H and O–H groups in total. The number of ether oxygens (including phenoxy) is 1. The van der Waals surface area contributed by atoms with Gasteiger partial charge in [-0.3, -0.25) is 4.90 Å². The molecule has 1 heterocycles. The molecule has 32 heavy (non-hydrogen) atoms. The van der Waals surface area contributed by atoms with Crippen molar-refractivity contribution in [3.63, 3.8) is 0 Å². The first-order chi connectivity index (χ1) is 14.8. The van der Waals surface area contributed by atoms with E-state index in [4.69, 9.17) is 10.2 Å². The number of alkyl halides is 3. The van der Waals surface area contributed by atoms with Crippen LogP contribution in [0.4, 0.5) is 18.9 Å². The average Bonchev–Trinajstić information content (AvgIpc) is 3.20. The van der Waals surface area contributed by atoms with Gasteiger partial charge < -0.3 is 20.2 Å². The molecular weight excluding hydrogens is 536 g/mol. The maximum Gasteiger partial charge on any atom is 0.573 e. The van der Waals surface area contributed by atoms with Crippen molar-refractivity contribution in [2.75, 3.05) is 12.4 Å². The molecule has 0 amide bonds. The second-order valence-corrected chi connectivity index (χ2v) is 6.92. The lowest BCUT2D eigenvalue weighted by atomic mass is 10.1. The fourth-order valence-corrected chi connectivity index (χ4v) is 2.98. The zero-order valence-corrected chi connectivity index (χ0v) is 19.6.